The molecule has 4 rings (SSSR count). The fourth-order valence-electron chi connectivity index (χ4n) is 3.66. The smallest absolute Gasteiger partial charge is 0.261 e. The number of nitrogens with one attached hydrogen (secondary N) is 1. The van der Waals surface area contributed by atoms with Gasteiger partial charge < -0.3 is 14.6 Å². The largest absolute Gasteiger partial charge is 0.480 e. The highest BCUT2D eigenvalue weighted by Crippen LogP contribution is 2.31. The standard InChI is InChI=1S/C19H23N3O2/c1-11-6-14-8-17(24-16(14)7-12(11)2)19(23)21-15-4-5-18-20-13(3)9-22(18)10-15/h6-7,9,15,17H,4-5,8,10H2,1-3H3,(H,21,23)/t15-,17-/m0/s1. The van der Waals surface area contributed by atoms with Crippen molar-refractivity contribution in [1.82, 2.24) is 14.9 Å². The molecule has 2 aliphatic rings. The molecule has 0 unspecified atom stereocenters. The van der Waals surface area contributed by atoms with E-state index in [9.17, 15) is 4.79 Å². The van der Waals surface area contributed by atoms with E-state index < -0.39 is 6.10 Å². The first-order chi connectivity index (χ1) is 11.5. The van der Waals surface area contributed by atoms with E-state index in [-0.39, 0.29) is 11.9 Å². The topological polar surface area (TPSA) is 56.2 Å². The van der Waals surface area contributed by atoms with Crippen LogP contribution in [-0.2, 0) is 24.2 Å². The van der Waals surface area contributed by atoms with Crippen molar-refractivity contribution in [2.24, 2.45) is 0 Å². The number of aryl methyl sites for hydroxylation is 4. The summed E-state index contributed by atoms with van der Waals surface area (Å²) in [7, 11) is 0. The summed E-state index contributed by atoms with van der Waals surface area (Å²) >= 11 is 0. The van der Waals surface area contributed by atoms with Crippen LogP contribution < -0.4 is 10.1 Å². The first kappa shape index (κ1) is 15.2. The third-order valence-corrected chi connectivity index (χ3v) is 5.10. The minimum atomic E-state index is -0.410. The number of rotatable bonds is 2. The molecule has 5 nitrogen and oxygen atoms in total. The number of carbonyl (C=O) groups is 1. The van der Waals surface area contributed by atoms with E-state index in [1.807, 2.05) is 13.0 Å². The highest BCUT2D eigenvalue weighted by Gasteiger charge is 2.31. The van der Waals surface area contributed by atoms with Crippen LogP contribution >= 0.6 is 0 Å². The van der Waals surface area contributed by atoms with E-state index in [1.54, 1.807) is 0 Å². The van der Waals surface area contributed by atoms with Crippen molar-refractivity contribution < 1.29 is 9.53 Å². The SMILES string of the molecule is Cc1cn2c(n1)CC[C@H](NC(=O)[C@@H]1Cc3cc(C)c(C)cc3O1)C2. The van der Waals surface area contributed by atoms with Crippen molar-refractivity contribution in [2.75, 3.05) is 0 Å². The molecule has 0 spiro atoms. The highest BCUT2D eigenvalue weighted by molar-refractivity contribution is 5.82. The molecule has 2 aromatic rings. The molecule has 0 radical (unpaired) electrons. The number of hydrogen-bond donors (Lipinski definition) is 1. The van der Waals surface area contributed by atoms with Crippen molar-refractivity contribution in [3.05, 3.63) is 46.5 Å². The second-order valence-corrected chi connectivity index (χ2v) is 7.05. The predicted octanol–water partition coefficient (Wildman–Crippen LogP) is 2.24. The Morgan fingerprint density at radius 3 is 2.92 bits per heavy atom. The van der Waals surface area contributed by atoms with Gasteiger partial charge in [-0.2, -0.15) is 0 Å². The Morgan fingerprint density at radius 2 is 2.08 bits per heavy atom. The minimum absolute atomic E-state index is 0.00760. The normalized spacial score (nSPS) is 21.8. The van der Waals surface area contributed by atoms with Gasteiger partial charge in [0.1, 0.15) is 11.6 Å². The zero-order chi connectivity index (χ0) is 16.8. The van der Waals surface area contributed by atoms with Crippen molar-refractivity contribution in [3.63, 3.8) is 0 Å². The number of hydrogen-bond acceptors (Lipinski definition) is 3. The van der Waals surface area contributed by atoms with Gasteiger partial charge in [-0.05, 0) is 49.9 Å². The molecule has 24 heavy (non-hydrogen) atoms. The summed E-state index contributed by atoms with van der Waals surface area (Å²) in [4.78, 5) is 17.1. The van der Waals surface area contributed by atoms with Crippen molar-refractivity contribution in [2.45, 2.75) is 58.7 Å². The Kier molecular flexibility index (Phi) is 3.59. The molecule has 3 heterocycles. The van der Waals surface area contributed by atoms with Crippen LogP contribution in [0.5, 0.6) is 5.75 Å². The third-order valence-electron chi connectivity index (χ3n) is 5.10. The second-order valence-electron chi connectivity index (χ2n) is 7.05. The molecular weight excluding hydrogens is 302 g/mol. The molecule has 5 heteroatoms. The summed E-state index contributed by atoms with van der Waals surface area (Å²) in [6.07, 6.45) is 4.14. The zero-order valence-corrected chi connectivity index (χ0v) is 14.4. The number of benzene rings is 1. The van der Waals surface area contributed by atoms with Gasteiger partial charge in [0.15, 0.2) is 6.10 Å². The van der Waals surface area contributed by atoms with Gasteiger partial charge >= 0.3 is 0 Å². The lowest BCUT2D eigenvalue weighted by Crippen LogP contribution is -2.46. The van der Waals surface area contributed by atoms with Crippen LogP contribution in [0, 0.1) is 20.8 Å². The highest BCUT2D eigenvalue weighted by atomic mass is 16.5. The van der Waals surface area contributed by atoms with E-state index in [1.165, 1.54) is 11.1 Å². The van der Waals surface area contributed by atoms with Crippen molar-refractivity contribution >= 4 is 5.91 Å². The summed E-state index contributed by atoms with van der Waals surface area (Å²) in [5, 5.41) is 3.16. The monoisotopic (exact) mass is 325 g/mol. The molecule has 1 aromatic carbocycles. The van der Waals surface area contributed by atoms with Crippen molar-refractivity contribution in [3.8, 4) is 5.75 Å². The van der Waals surface area contributed by atoms with E-state index in [0.717, 1.165) is 42.2 Å². The molecule has 0 bridgehead atoms. The van der Waals surface area contributed by atoms with Crippen LogP contribution in [0.3, 0.4) is 0 Å². The molecule has 1 N–H and O–H groups in total. The lowest BCUT2D eigenvalue weighted by atomic mass is 10.0. The maximum atomic E-state index is 12.6. The number of imidazole rings is 1. The lowest BCUT2D eigenvalue weighted by molar-refractivity contribution is -0.128. The number of amides is 1. The summed E-state index contributed by atoms with van der Waals surface area (Å²) < 4.78 is 8.04. The Labute approximate surface area is 142 Å². The van der Waals surface area contributed by atoms with Gasteiger partial charge in [-0.15, -0.1) is 0 Å². The van der Waals surface area contributed by atoms with Gasteiger partial charge in [0, 0.05) is 31.6 Å². The summed E-state index contributed by atoms with van der Waals surface area (Å²) in [6, 6.07) is 4.33. The van der Waals surface area contributed by atoms with Crippen LogP contribution in [0.15, 0.2) is 18.3 Å². The molecule has 0 saturated carbocycles. The average molecular weight is 325 g/mol. The molecule has 0 saturated heterocycles. The summed E-state index contributed by atoms with van der Waals surface area (Å²) in [5.41, 5.74) is 4.62. The molecule has 1 amide bonds. The van der Waals surface area contributed by atoms with E-state index in [0.29, 0.717) is 6.42 Å². The Balaban J connectivity index is 1.41. The summed E-state index contributed by atoms with van der Waals surface area (Å²) in [5.74, 6) is 1.97. The van der Waals surface area contributed by atoms with Gasteiger partial charge in [0.2, 0.25) is 0 Å². The fraction of sp³-hybridized carbons (Fsp3) is 0.474. The van der Waals surface area contributed by atoms with Gasteiger partial charge in [0.25, 0.3) is 5.91 Å². The fourth-order valence-corrected chi connectivity index (χ4v) is 3.66. The maximum absolute atomic E-state index is 12.6. The number of fused-ring (bicyclic) bond motifs is 2. The predicted molar refractivity (Wildman–Crippen MR) is 91.3 cm³/mol. The number of nitrogens with zero attached hydrogens (tertiary/aromatic N) is 2. The molecule has 126 valence electrons. The van der Waals surface area contributed by atoms with Crippen LogP contribution in [-0.4, -0.2) is 27.6 Å². The van der Waals surface area contributed by atoms with Gasteiger partial charge in [-0.25, -0.2) is 4.98 Å². The van der Waals surface area contributed by atoms with E-state index in [4.69, 9.17) is 4.74 Å². The Bertz CT molecular complexity index is 778. The zero-order valence-electron chi connectivity index (χ0n) is 14.4. The molecule has 0 aliphatic carbocycles. The first-order valence-corrected chi connectivity index (χ1v) is 8.59. The number of carbonyl (C=O) groups excluding carboxylic acids is 1. The van der Waals surface area contributed by atoms with E-state index >= 15 is 0 Å². The van der Waals surface area contributed by atoms with Crippen LogP contribution in [0.1, 0.15) is 34.6 Å². The van der Waals surface area contributed by atoms with Crippen LogP contribution in [0.2, 0.25) is 0 Å². The van der Waals surface area contributed by atoms with Gasteiger partial charge in [-0.3, -0.25) is 4.79 Å². The van der Waals surface area contributed by atoms with Gasteiger partial charge in [-0.1, -0.05) is 6.07 Å². The Hall–Kier alpha value is -2.30. The minimum Gasteiger partial charge on any atom is -0.480 e. The molecule has 2 atom stereocenters. The molecule has 1 aromatic heterocycles. The molecule has 0 fully saturated rings. The number of ether oxygens (including phenoxy) is 1. The quantitative estimate of drug-likeness (QED) is 0.921. The second kappa shape index (κ2) is 5.65. The van der Waals surface area contributed by atoms with E-state index in [2.05, 4.69) is 41.0 Å². The van der Waals surface area contributed by atoms with Crippen LogP contribution in [0.25, 0.3) is 0 Å². The maximum Gasteiger partial charge on any atom is 0.261 e. The lowest BCUT2D eigenvalue weighted by Gasteiger charge is -2.25. The van der Waals surface area contributed by atoms with Crippen LogP contribution in [0.4, 0.5) is 0 Å². The summed E-state index contributed by atoms with van der Waals surface area (Å²) in [6.45, 7) is 6.96. The Morgan fingerprint density at radius 1 is 1.29 bits per heavy atom. The van der Waals surface area contributed by atoms with Gasteiger partial charge in [0.05, 0.1) is 5.69 Å². The number of aromatic nitrogens is 2. The molecular formula is C19H23N3O2. The average Bonchev–Trinajstić information content (AvgIpc) is 3.09. The van der Waals surface area contributed by atoms with Crippen molar-refractivity contribution in [1.29, 1.82) is 0 Å². The third kappa shape index (κ3) is 2.68. The molecule has 2 aliphatic heterocycles. The first-order valence-electron chi connectivity index (χ1n) is 8.59.